The topological polar surface area (TPSA) is 74.7 Å². The van der Waals surface area contributed by atoms with Crippen LogP contribution in [0, 0.1) is 5.92 Å². The maximum atomic E-state index is 12.7. The van der Waals surface area contributed by atoms with Gasteiger partial charge in [-0.15, -0.1) is 0 Å². The van der Waals surface area contributed by atoms with Crippen molar-refractivity contribution in [2.24, 2.45) is 5.92 Å². The molecule has 1 fully saturated rings. The summed E-state index contributed by atoms with van der Waals surface area (Å²) in [5.74, 6) is -0.859. The molecule has 1 N–H and O–H groups in total. The van der Waals surface area contributed by atoms with Gasteiger partial charge in [-0.05, 0) is 59.8 Å². The zero-order chi connectivity index (χ0) is 15.8. The molecular weight excluding hydrogens is 358 g/mol. The summed E-state index contributed by atoms with van der Waals surface area (Å²) in [6.07, 6.45) is 1.83. The van der Waals surface area contributed by atoms with Crippen LogP contribution in [-0.4, -0.2) is 36.4 Å². The molecule has 2 unspecified atom stereocenters. The molecule has 0 radical (unpaired) electrons. The summed E-state index contributed by atoms with van der Waals surface area (Å²) in [7, 11) is -3.67. The first-order chi connectivity index (χ1) is 9.75. The minimum atomic E-state index is -3.67. The summed E-state index contributed by atoms with van der Waals surface area (Å²) in [5.41, 5.74) is -0.0474. The van der Waals surface area contributed by atoms with Crippen LogP contribution in [0.1, 0.15) is 37.0 Å². The lowest BCUT2D eigenvalue weighted by Gasteiger charge is -2.36. The molecule has 1 saturated heterocycles. The van der Waals surface area contributed by atoms with E-state index in [4.69, 9.17) is 5.11 Å². The van der Waals surface area contributed by atoms with E-state index in [9.17, 15) is 13.2 Å². The Morgan fingerprint density at radius 2 is 2.05 bits per heavy atom. The number of hydrogen-bond acceptors (Lipinski definition) is 3. The number of rotatable bonds is 3. The number of halogens is 1. The van der Waals surface area contributed by atoms with E-state index < -0.39 is 16.0 Å². The Hall–Kier alpha value is -0.920. The second-order valence-corrected chi connectivity index (χ2v) is 8.17. The molecule has 1 aliphatic heterocycles. The van der Waals surface area contributed by atoms with E-state index in [1.54, 1.807) is 0 Å². The third-order valence-electron chi connectivity index (χ3n) is 4.09. The molecule has 7 heteroatoms. The van der Waals surface area contributed by atoms with Gasteiger partial charge in [0.2, 0.25) is 10.0 Å². The molecule has 2 rings (SSSR count). The number of piperidine rings is 1. The zero-order valence-corrected chi connectivity index (χ0v) is 14.3. The Kier molecular flexibility index (Phi) is 4.75. The Balaban J connectivity index is 2.44. The molecule has 116 valence electrons. The Bertz CT molecular complexity index is 659. The Morgan fingerprint density at radius 3 is 2.67 bits per heavy atom. The molecule has 1 aromatic carbocycles. The van der Waals surface area contributed by atoms with Crippen molar-refractivity contribution >= 4 is 31.9 Å². The molecule has 21 heavy (non-hydrogen) atoms. The summed E-state index contributed by atoms with van der Waals surface area (Å²) in [4.78, 5) is 11.2. The van der Waals surface area contributed by atoms with Gasteiger partial charge in [-0.1, -0.05) is 6.92 Å². The summed E-state index contributed by atoms with van der Waals surface area (Å²) in [5, 5.41) is 9.12. The van der Waals surface area contributed by atoms with Gasteiger partial charge in [0.15, 0.2) is 0 Å². The third kappa shape index (κ3) is 3.14. The number of nitrogens with zero attached hydrogens (tertiary/aromatic N) is 1. The normalized spacial score (nSPS) is 24.0. The number of carbonyl (C=O) groups is 1. The minimum absolute atomic E-state index is 0.0315. The lowest BCUT2D eigenvalue weighted by atomic mass is 9.94. The van der Waals surface area contributed by atoms with Crippen molar-refractivity contribution in [3.8, 4) is 0 Å². The van der Waals surface area contributed by atoms with Gasteiger partial charge in [-0.3, -0.25) is 0 Å². The smallest absolute Gasteiger partial charge is 0.336 e. The summed E-state index contributed by atoms with van der Waals surface area (Å²) in [6.45, 7) is 4.42. The standard InChI is InChI=1S/C14H18BrNO4S/c1-9-4-3-7-16(10(9)2)21(19,20)11-5-6-13(15)12(8-11)14(17)18/h5-6,8-10H,3-4,7H2,1-2H3,(H,17,18). The predicted octanol–water partition coefficient (Wildman–Crippen LogP) is 2.96. The van der Waals surface area contributed by atoms with Crippen LogP contribution in [0.5, 0.6) is 0 Å². The van der Waals surface area contributed by atoms with Crippen LogP contribution in [0.2, 0.25) is 0 Å². The monoisotopic (exact) mass is 375 g/mol. The average Bonchev–Trinajstić information content (AvgIpc) is 2.41. The Morgan fingerprint density at radius 1 is 1.38 bits per heavy atom. The highest BCUT2D eigenvalue weighted by molar-refractivity contribution is 9.10. The molecule has 1 aliphatic rings. The van der Waals surface area contributed by atoms with Crippen LogP contribution >= 0.6 is 15.9 Å². The maximum Gasteiger partial charge on any atom is 0.336 e. The number of benzene rings is 1. The lowest BCUT2D eigenvalue weighted by Crippen LogP contribution is -2.45. The number of carboxylic acid groups (broad SMARTS) is 1. The summed E-state index contributed by atoms with van der Waals surface area (Å²) < 4.78 is 27.3. The van der Waals surface area contributed by atoms with E-state index in [0.717, 1.165) is 12.8 Å². The van der Waals surface area contributed by atoms with Gasteiger partial charge >= 0.3 is 5.97 Å². The first kappa shape index (κ1) is 16.5. The van der Waals surface area contributed by atoms with Gasteiger partial charge in [-0.2, -0.15) is 4.31 Å². The van der Waals surface area contributed by atoms with Crippen molar-refractivity contribution in [3.63, 3.8) is 0 Å². The lowest BCUT2D eigenvalue weighted by molar-refractivity contribution is 0.0695. The molecule has 1 aromatic rings. The van der Waals surface area contributed by atoms with Crippen LogP contribution in [-0.2, 0) is 10.0 Å². The molecule has 0 spiro atoms. The van der Waals surface area contributed by atoms with Gasteiger partial charge in [0.1, 0.15) is 0 Å². The number of aromatic carboxylic acids is 1. The quantitative estimate of drug-likeness (QED) is 0.880. The highest BCUT2D eigenvalue weighted by Crippen LogP contribution is 2.30. The molecule has 0 bridgehead atoms. The van der Waals surface area contributed by atoms with E-state index in [-0.39, 0.29) is 16.5 Å². The molecule has 0 aliphatic carbocycles. The average molecular weight is 376 g/mol. The van der Waals surface area contributed by atoms with E-state index in [0.29, 0.717) is 16.9 Å². The van der Waals surface area contributed by atoms with Crippen molar-refractivity contribution in [2.45, 2.75) is 37.6 Å². The molecule has 5 nitrogen and oxygen atoms in total. The molecule has 0 aromatic heterocycles. The predicted molar refractivity (Wildman–Crippen MR) is 82.9 cm³/mol. The zero-order valence-electron chi connectivity index (χ0n) is 11.9. The van der Waals surface area contributed by atoms with Crippen molar-refractivity contribution in [3.05, 3.63) is 28.2 Å². The van der Waals surface area contributed by atoms with Crippen LogP contribution in [0.3, 0.4) is 0 Å². The van der Waals surface area contributed by atoms with E-state index >= 15 is 0 Å². The van der Waals surface area contributed by atoms with Crippen molar-refractivity contribution in [1.82, 2.24) is 4.31 Å². The first-order valence-corrected chi connectivity index (χ1v) is 9.03. The third-order valence-corrected chi connectivity index (χ3v) is 6.76. The van der Waals surface area contributed by atoms with Crippen LogP contribution < -0.4 is 0 Å². The van der Waals surface area contributed by atoms with Crippen LogP contribution in [0.25, 0.3) is 0 Å². The summed E-state index contributed by atoms with van der Waals surface area (Å²) >= 11 is 3.13. The number of hydrogen-bond donors (Lipinski definition) is 1. The van der Waals surface area contributed by atoms with Gasteiger partial charge < -0.3 is 5.11 Å². The molecule has 2 atom stereocenters. The first-order valence-electron chi connectivity index (χ1n) is 6.80. The van der Waals surface area contributed by atoms with E-state index in [1.807, 2.05) is 13.8 Å². The minimum Gasteiger partial charge on any atom is -0.478 e. The van der Waals surface area contributed by atoms with Crippen molar-refractivity contribution in [2.75, 3.05) is 6.54 Å². The summed E-state index contributed by atoms with van der Waals surface area (Å²) in [6, 6.07) is 4.04. The highest BCUT2D eigenvalue weighted by atomic mass is 79.9. The number of carboxylic acids is 1. The van der Waals surface area contributed by atoms with Crippen LogP contribution in [0.4, 0.5) is 0 Å². The Labute approximate surface area is 133 Å². The molecular formula is C14H18BrNO4S. The van der Waals surface area contributed by atoms with Crippen molar-refractivity contribution < 1.29 is 18.3 Å². The van der Waals surface area contributed by atoms with E-state index in [1.165, 1.54) is 22.5 Å². The highest BCUT2D eigenvalue weighted by Gasteiger charge is 2.34. The van der Waals surface area contributed by atoms with Crippen LogP contribution in [0.15, 0.2) is 27.6 Å². The molecule has 0 saturated carbocycles. The van der Waals surface area contributed by atoms with E-state index in [2.05, 4.69) is 15.9 Å². The van der Waals surface area contributed by atoms with Gasteiger partial charge in [0, 0.05) is 17.1 Å². The largest absolute Gasteiger partial charge is 0.478 e. The SMILES string of the molecule is CC1CCCN(S(=O)(=O)c2ccc(Br)c(C(=O)O)c2)C1C. The number of sulfonamides is 1. The van der Waals surface area contributed by atoms with Crippen molar-refractivity contribution in [1.29, 1.82) is 0 Å². The fraction of sp³-hybridized carbons (Fsp3) is 0.500. The van der Waals surface area contributed by atoms with Gasteiger partial charge in [0.05, 0.1) is 10.5 Å². The van der Waals surface area contributed by atoms with Gasteiger partial charge in [-0.25, -0.2) is 13.2 Å². The van der Waals surface area contributed by atoms with Gasteiger partial charge in [0.25, 0.3) is 0 Å². The fourth-order valence-electron chi connectivity index (χ4n) is 2.60. The molecule has 0 amide bonds. The maximum absolute atomic E-state index is 12.7. The molecule has 1 heterocycles. The second kappa shape index (κ2) is 6.06. The fourth-order valence-corrected chi connectivity index (χ4v) is 4.81. The second-order valence-electron chi connectivity index (χ2n) is 5.42.